The first-order valence-corrected chi connectivity index (χ1v) is 6.84. The summed E-state index contributed by atoms with van der Waals surface area (Å²) in [5.74, 6) is 2.10. The van der Waals surface area contributed by atoms with E-state index >= 15 is 0 Å². The molecule has 0 amide bonds. The van der Waals surface area contributed by atoms with Crippen LogP contribution in [0.4, 0.5) is 0 Å². The van der Waals surface area contributed by atoms with E-state index in [-0.39, 0.29) is 0 Å². The van der Waals surface area contributed by atoms with Gasteiger partial charge in [0.05, 0.1) is 13.1 Å². The molecular weight excluding hydrogens is 226 g/mol. The molecule has 2 rings (SSSR count). The molecule has 4 heteroatoms. The predicted octanol–water partition coefficient (Wildman–Crippen LogP) is 1.53. The van der Waals surface area contributed by atoms with Gasteiger partial charge in [-0.25, -0.2) is 0 Å². The Bertz CT molecular complexity index is 364. The van der Waals surface area contributed by atoms with E-state index in [1.54, 1.807) is 0 Å². The lowest BCUT2D eigenvalue weighted by Crippen LogP contribution is -2.37. The highest BCUT2D eigenvalue weighted by Gasteiger charge is 2.20. The molecule has 0 saturated carbocycles. The van der Waals surface area contributed by atoms with Crippen molar-refractivity contribution in [3.8, 4) is 0 Å². The van der Waals surface area contributed by atoms with E-state index in [1.165, 1.54) is 13.0 Å². The lowest BCUT2D eigenvalue weighted by molar-refractivity contribution is 0.180. The van der Waals surface area contributed by atoms with Gasteiger partial charge in [-0.2, -0.15) is 0 Å². The molecule has 18 heavy (non-hydrogen) atoms. The summed E-state index contributed by atoms with van der Waals surface area (Å²) in [6.07, 6.45) is 1.24. The molecule has 0 aliphatic carbocycles. The second kappa shape index (κ2) is 6.36. The van der Waals surface area contributed by atoms with Crippen LogP contribution in [0.25, 0.3) is 0 Å². The van der Waals surface area contributed by atoms with E-state index in [0.717, 1.165) is 37.7 Å². The van der Waals surface area contributed by atoms with Crippen LogP contribution in [-0.2, 0) is 13.1 Å². The van der Waals surface area contributed by atoms with Crippen molar-refractivity contribution in [1.82, 2.24) is 15.1 Å². The van der Waals surface area contributed by atoms with Gasteiger partial charge < -0.3 is 14.6 Å². The minimum atomic E-state index is 0.593. The van der Waals surface area contributed by atoms with Crippen LogP contribution in [0.15, 0.2) is 16.5 Å². The third-order valence-electron chi connectivity index (χ3n) is 3.61. The van der Waals surface area contributed by atoms with Gasteiger partial charge in [0.15, 0.2) is 0 Å². The van der Waals surface area contributed by atoms with E-state index in [4.69, 9.17) is 4.42 Å². The second-order valence-corrected chi connectivity index (χ2v) is 5.33. The van der Waals surface area contributed by atoms with Crippen LogP contribution in [-0.4, -0.2) is 49.6 Å². The number of likely N-dealkylation sites (N-methyl/N-ethyl adjacent to an activating group) is 1. The maximum atomic E-state index is 5.83. The van der Waals surface area contributed by atoms with Gasteiger partial charge in [-0.1, -0.05) is 0 Å². The highest BCUT2D eigenvalue weighted by atomic mass is 16.3. The average molecular weight is 251 g/mol. The molecule has 1 unspecified atom stereocenters. The Morgan fingerprint density at radius 1 is 1.33 bits per heavy atom. The van der Waals surface area contributed by atoms with Gasteiger partial charge in [-0.15, -0.1) is 0 Å². The number of nitrogens with one attached hydrogen (secondary N) is 1. The highest BCUT2D eigenvalue weighted by molar-refractivity contribution is 5.07. The minimum absolute atomic E-state index is 0.593. The molecule has 0 bridgehead atoms. The summed E-state index contributed by atoms with van der Waals surface area (Å²) < 4.78 is 5.83. The van der Waals surface area contributed by atoms with Gasteiger partial charge in [0.1, 0.15) is 11.5 Å². The van der Waals surface area contributed by atoms with Crippen molar-refractivity contribution in [1.29, 1.82) is 0 Å². The van der Waals surface area contributed by atoms with Crippen molar-refractivity contribution in [3.05, 3.63) is 23.7 Å². The van der Waals surface area contributed by atoms with Gasteiger partial charge >= 0.3 is 0 Å². The molecule has 1 aromatic rings. The number of rotatable bonds is 4. The molecule has 1 fully saturated rings. The SMILES string of the molecule is CNCc1ccc(CN2CCCN(C)CC2C)o1. The van der Waals surface area contributed by atoms with Crippen LogP contribution >= 0.6 is 0 Å². The fourth-order valence-corrected chi connectivity index (χ4v) is 2.63. The number of furan rings is 1. The fraction of sp³-hybridized carbons (Fsp3) is 0.714. The van der Waals surface area contributed by atoms with Crippen LogP contribution in [0.5, 0.6) is 0 Å². The zero-order chi connectivity index (χ0) is 13.0. The largest absolute Gasteiger partial charge is 0.463 e. The maximum Gasteiger partial charge on any atom is 0.118 e. The zero-order valence-electron chi connectivity index (χ0n) is 11.8. The van der Waals surface area contributed by atoms with Gasteiger partial charge in [-0.05, 0) is 46.1 Å². The molecule has 1 aliphatic rings. The molecular formula is C14H25N3O. The maximum absolute atomic E-state index is 5.83. The Morgan fingerprint density at radius 2 is 2.11 bits per heavy atom. The van der Waals surface area contributed by atoms with Gasteiger partial charge in [0.25, 0.3) is 0 Å². The standard InChI is InChI=1S/C14H25N3O/c1-12-10-16(3)7-4-8-17(12)11-14-6-5-13(18-14)9-15-2/h5-6,12,15H,4,7-11H2,1-3H3. The van der Waals surface area contributed by atoms with Crippen LogP contribution < -0.4 is 5.32 Å². The van der Waals surface area contributed by atoms with Crippen molar-refractivity contribution < 1.29 is 4.42 Å². The first kappa shape index (κ1) is 13.6. The van der Waals surface area contributed by atoms with Crippen molar-refractivity contribution in [2.75, 3.05) is 33.7 Å². The van der Waals surface area contributed by atoms with E-state index in [9.17, 15) is 0 Å². The molecule has 4 nitrogen and oxygen atoms in total. The summed E-state index contributed by atoms with van der Waals surface area (Å²) in [7, 11) is 4.15. The van der Waals surface area contributed by atoms with E-state index in [1.807, 2.05) is 7.05 Å². The van der Waals surface area contributed by atoms with Crippen LogP contribution in [0.1, 0.15) is 24.9 Å². The van der Waals surface area contributed by atoms with Crippen molar-refractivity contribution in [3.63, 3.8) is 0 Å². The summed E-state index contributed by atoms with van der Waals surface area (Å²) in [6.45, 7) is 7.54. The molecule has 1 N–H and O–H groups in total. The summed E-state index contributed by atoms with van der Waals surface area (Å²) in [5.41, 5.74) is 0. The number of nitrogens with zero attached hydrogens (tertiary/aromatic N) is 2. The predicted molar refractivity (Wildman–Crippen MR) is 73.5 cm³/mol. The average Bonchev–Trinajstić information content (AvgIpc) is 2.69. The monoisotopic (exact) mass is 251 g/mol. The Hall–Kier alpha value is -0.840. The van der Waals surface area contributed by atoms with E-state index < -0.39 is 0 Å². The van der Waals surface area contributed by atoms with Gasteiger partial charge in [-0.3, -0.25) is 4.90 Å². The molecule has 1 aliphatic heterocycles. The van der Waals surface area contributed by atoms with Crippen LogP contribution in [0.3, 0.4) is 0 Å². The first-order valence-electron chi connectivity index (χ1n) is 6.84. The van der Waals surface area contributed by atoms with Crippen LogP contribution in [0, 0.1) is 0 Å². The molecule has 2 heterocycles. The van der Waals surface area contributed by atoms with Crippen molar-refractivity contribution in [2.45, 2.75) is 32.5 Å². The Kier molecular flexibility index (Phi) is 4.80. The minimum Gasteiger partial charge on any atom is -0.463 e. The molecule has 0 spiro atoms. The fourth-order valence-electron chi connectivity index (χ4n) is 2.63. The summed E-state index contributed by atoms with van der Waals surface area (Å²) >= 11 is 0. The van der Waals surface area contributed by atoms with Crippen molar-refractivity contribution in [2.24, 2.45) is 0 Å². The molecule has 1 saturated heterocycles. The second-order valence-electron chi connectivity index (χ2n) is 5.33. The topological polar surface area (TPSA) is 31.6 Å². The highest BCUT2D eigenvalue weighted by Crippen LogP contribution is 2.15. The summed E-state index contributed by atoms with van der Waals surface area (Å²) in [6, 6.07) is 4.77. The Morgan fingerprint density at radius 3 is 2.89 bits per heavy atom. The molecule has 0 aromatic carbocycles. The molecule has 0 radical (unpaired) electrons. The Balaban J connectivity index is 1.94. The summed E-state index contributed by atoms with van der Waals surface area (Å²) in [4.78, 5) is 4.94. The normalized spacial score (nSPS) is 23.2. The lowest BCUT2D eigenvalue weighted by Gasteiger charge is -2.26. The number of hydrogen-bond donors (Lipinski definition) is 1. The van der Waals surface area contributed by atoms with Gasteiger partial charge in [0, 0.05) is 19.1 Å². The third kappa shape index (κ3) is 3.57. The zero-order valence-corrected chi connectivity index (χ0v) is 11.8. The first-order chi connectivity index (χ1) is 8.69. The van der Waals surface area contributed by atoms with E-state index in [0.29, 0.717) is 6.04 Å². The molecule has 102 valence electrons. The Labute approximate surface area is 110 Å². The quantitative estimate of drug-likeness (QED) is 0.879. The lowest BCUT2D eigenvalue weighted by atomic mass is 10.2. The summed E-state index contributed by atoms with van der Waals surface area (Å²) in [5, 5.41) is 3.11. The van der Waals surface area contributed by atoms with Gasteiger partial charge in [0.2, 0.25) is 0 Å². The third-order valence-corrected chi connectivity index (χ3v) is 3.61. The molecule has 1 atom stereocenters. The number of hydrogen-bond acceptors (Lipinski definition) is 4. The molecule has 1 aromatic heterocycles. The van der Waals surface area contributed by atoms with Crippen molar-refractivity contribution >= 4 is 0 Å². The smallest absolute Gasteiger partial charge is 0.118 e. The van der Waals surface area contributed by atoms with Crippen LogP contribution in [0.2, 0.25) is 0 Å². The van der Waals surface area contributed by atoms with E-state index in [2.05, 4.69) is 41.2 Å².